The van der Waals surface area contributed by atoms with Gasteiger partial charge in [0.1, 0.15) is 0 Å². The van der Waals surface area contributed by atoms with Crippen LogP contribution in [0.5, 0.6) is 0 Å². The Hall–Kier alpha value is -2.14. The fourth-order valence-electron chi connectivity index (χ4n) is 3.00. The van der Waals surface area contributed by atoms with Gasteiger partial charge in [0.15, 0.2) is 0 Å². The van der Waals surface area contributed by atoms with Gasteiger partial charge in [0.2, 0.25) is 5.91 Å². The van der Waals surface area contributed by atoms with Crippen molar-refractivity contribution in [2.24, 2.45) is 7.05 Å². The Kier molecular flexibility index (Phi) is 5.00. The summed E-state index contributed by atoms with van der Waals surface area (Å²) >= 11 is 6.14. The SMILES string of the molecule is Cn1nc2c(cc1=O)CN(C(=O)CCCc1ccccc1Cl)CC2. The van der Waals surface area contributed by atoms with Crippen molar-refractivity contribution in [3.8, 4) is 0 Å². The molecule has 0 N–H and O–H groups in total. The highest BCUT2D eigenvalue weighted by molar-refractivity contribution is 6.31. The number of carbonyl (C=O) groups is 1. The van der Waals surface area contributed by atoms with Gasteiger partial charge in [0.25, 0.3) is 5.56 Å². The van der Waals surface area contributed by atoms with E-state index < -0.39 is 0 Å². The summed E-state index contributed by atoms with van der Waals surface area (Å²) in [5.41, 5.74) is 2.71. The van der Waals surface area contributed by atoms with E-state index in [0.29, 0.717) is 25.9 Å². The molecule has 0 fully saturated rings. The number of amides is 1. The highest BCUT2D eigenvalue weighted by atomic mass is 35.5. The first kappa shape index (κ1) is 16.7. The second kappa shape index (κ2) is 7.18. The summed E-state index contributed by atoms with van der Waals surface area (Å²) in [6.45, 7) is 1.13. The summed E-state index contributed by atoms with van der Waals surface area (Å²) in [5, 5.41) is 5.02. The molecule has 2 aromatic rings. The highest BCUT2D eigenvalue weighted by Crippen LogP contribution is 2.19. The van der Waals surface area contributed by atoms with Gasteiger partial charge in [0.05, 0.1) is 5.69 Å². The Morgan fingerprint density at radius 3 is 2.92 bits per heavy atom. The predicted molar refractivity (Wildman–Crippen MR) is 93.0 cm³/mol. The lowest BCUT2D eigenvalue weighted by molar-refractivity contribution is -0.132. The van der Waals surface area contributed by atoms with Gasteiger partial charge in [-0.2, -0.15) is 5.10 Å². The molecule has 0 unspecified atom stereocenters. The quantitative estimate of drug-likeness (QED) is 0.854. The Balaban J connectivity index is 1.57. The molecular formula is C18H20ClN3O2. The second-order valence-corrected chi connectivity index (χ2v) is 6.50. The average molecular weight is 346 g/mol. The monoisotopic (exact) mass is 345 g/mol. The highest BCUT2D eigenvalue weighted by Gasteiger charge is 2.22. The number of carbonyl (C=O) groups excluding carboxylic acids is 1. The summed E-state index contributed by atoms with van der Waals surface area (Å²) in [6.07, 6.45) is 2.73. The van der Waals surface area contributed by atoms with E-state index in [2.05, 4.69) is 5.10 Å². The van der Waals surface area contributed by atoms with Crippen LogP contribution in [0, 0.1) is 0 Å². The molecule has 1 aromatic carbocycles. The third kappa shape index (κ3) is 3.67. The number of hydrogen-bond donors (Lipinski definition) is 0. The van der Waals surface area contributed by atoms with Gasteiger partial charge < -0.3 is 4.90 Å². The van der Waals surface area contributed by atoms with Crippen LogP contribution in [-0.2, 0) is 31.2 Å². The van der Waals surface area contributed by atoms with Crippen LogP contribution in [0.3, 0.4) is 0 Å². The third-order valence-corrected chi connectivity index (χ3v) is 4.75. The maximum atomic E-state index is 12.4. The van der Waals surface area contributed by atoms with Crippen molar-refractivity contribution in [3.05, 3.63) is 62.5 Å². The van der Waals surface area contributed by atoms with Crippen LogP contribution < -0.4 is 5.56 Å². The van der Waals surface area contributed by atoms with Gasteiger partial charge in [-0.25, -0.2) is 4.68 Å². The molecule has 0 aliphatic carbocycles. The number of aromatic nitrogens is 2. The number of halogens is 1. The van der Waals surface area contributed by atoms with E-state index in [1.54, 1.807) is 13.1 Å². The lowest BCUT2D eigenvalue weighted by atomic mass is 10.0. The number of rotatable bonds is 4. The van der Waals surface area contributed by atoms with Gasteiger partial charge in [-0.1, -0.05) is 29.8 Å². The van der Waals surface area contributed by atoms with Crippen molar-refractivity contribution in [2.75, 3.05) is 6.54 Å². The predicted octanol–water partition coefficient (Wildman–Crippen LogP) is 2.34. The van der Waals surface area contributed by atoms with Gasteiger partial charge in [-0.05, 0) is 24.5 Å². The van der Waals surface area contributed by atoms with E-state index in [9.17, 15) is 9.59 Å². The number of aryl methyl sites for hydroxylation is 2. The largest absolute Gasteiger partial charge is 0.338 e. The van der Waals surface area contributed by atoms with Crippen molar-refractivity contribution in [1.29, 1.82) is 0 Å². The molecule has 0 saturated heterocycles. The summed E-state index contributed by atoms with van der Waals surface area (Å²) in [4.78, 5) is 26.0. The maximum absolute atomic E-state index is 12.4. The third-order valence-electron chi connectivity index (χ3n) is 4.39. The normalized spacial score (nSPS) is 13.7. The van der Waals surface area contributed by atoms with Crippen LogP contribution in [-0.4, -0.2) is 27.1 Å². The first-order chi connectivity index (χ1) is 11.5. The minimum absolute atomic E-state index is 0.119. The van der Waals surface area contributed by atoms with E-state index in [-0.39, 0.29) is 11.5 Å². The van der Waals surface area contributed by atoms with Gasteiger partial charge >= 0.3 is 0 Å². The summed E-state index contributed by atoms with van der Waals surface area (Å²) in [6, 6.07) is 9.31. The van der Waals surface area contributed by atoms with Crippen molar-refractivity contribution in [3.63, 3.8) is 0 Å². The summed E-state index contributed by atoms with van der Waals surface area (Å²) in [5.74, 6) is 0.119. The average Bonchev–Trinajstić information content (AvgIpc) is 2.57. The Bertz CT molecular complexity index is 816. The Labute approximate surface area is 145 Å². The van der Waals surface area contributed by atoms with Crippen molar-refractivity contribution < 1.29 is 4.79 Å². The van der Waals surface area contributed by atoms with Crippen LogP contribution in [0.1, 0.15) is 29.7 Å². The minimum Gasteiger partial charge on any atom is -0.338 e. The molecule has 1 aromatic heterocycles. The molecule has 6 heteroatoms. The van der Waals surface area contributed by atoms with E-state index in [0.717, 1.165) is 34.7 Å². The number of nitrogens with zero attached hydrogens (tertiary/aromatic N) is 3. The molecule has 0 spiro atoms. The van der Waals surface area contributed by atoms with Gasteiger partial charge in [-0.3, -0.25) is 9.59 Å². The molecule has 3 rings (SSSR count). The van der Waals surface area contributed by atoms with Gasteiger partial charge in [-0.15, -0.1) is 0 Å². The molecule has 1 amide bonds. The molecule has 0 atom stereocenters. The first-order valence-electron chi connectivity index (χ1n) is 8.12. The standard InChI is InChI=1S/C18H20ClN3O2/c1-21-18(24)11-14-12-22(10-9-16(14)20-21)17(23)8-4-6-13-5-2-3-7-15(13)19/h2-3,5,7,11H,4,6,8-10,12H2,1H3. The van der Waals surface area contributed by atoms with Crippen LogP contribution >= 0.6 is 11.6 Å². The molecule has 0 saturated carbocycles. The Morgan fingerprint density at radius 1 is 1.33 bits per heavy atom. The van der Waals surface area contributed by atoms with Crippen molar-refractivity contribution >= 4 is 17.5 Å². The summed E-state index contributed by atoms with van der Waals surface area (Å²) < 4.78 is 1.35. The van der Waals surface area contributed by atoms with Crippen molar-refractivity contribution in [1.82, 2.24) is 14.7 Å². The molecular weight excluding hydrogens is 326 g/mol. The van der Waals surface area contributed by atoms with E-state index >= 15 is 0 Å². The maximum Gasteiger partial charge on any atom is 0.266 e. The minimum atomic E-state index is -0.137. The lowest BCUT2D eigenvalue weighted by Gasteiger charge is -2.28. The second-order valence-electron chi connectivity index (χ2n) is 6.09. The number of fused-ring (bicyclic) bond motifs is 1. The number of benzene rings is 1. The van der Waals surface area contributed by atoms with Crippen LogP contribution in [0.2, 0.25) is 5.02 Å². The van der Waals surface area contributed by atoms with E-state index in [1.807, 2.05) is 29.2 Å². The molecule has 0 radical (unpaired) electrons. The summed E-state index contributed by atoms with van der Waals surface area (Å²) in [7, 11) is 1.65. The van der Waals surface area contributed by atoms with Crippen LogP contribution in [0.15, 0.2) is 35.1 Å². The molecule has 0 bridgehead atoms. The van der Waals surface area contributed by atoms with Gasteiger partial charge in [0, 0.05) is 49.6 Å². The molecule has 126 valence electrons. The van der Waals surface area contributed by atoms with Crippen LogP contribution in [0.25, 0.3) is 0 Å². The zero-order chi connectivity index (χ0) is 17.1. The molecule has 1 aliphatic heterocycles. The first-order valence-corrected chi connectivity index (χ1v) is 8.49. The number of hydrogen-bond acceptors (Lipinski definition) is 3. The van der Waals surface area contributed by atoms with E-state index in [1.165, 1.54) is 4.68 Å². The smallest absolute Gasteiger partial charge is 0.266 e. The fourth-order valence-corrected chi connectivity index (χ4v) is 3.23. The fraction of sp³-hybridized carbons (Fsp3) is 0.389. The van der Waals surface area contributed by atoms with Crippen LogP contribution in [0.4, 0.5) is 0 Å². The Morgan fingerprint density at radius 2 is 2.12 bits per heavy atom. The van der Waals surface area contributed by atoms with Crippen molar-refractivity contribution in [2.45, 2.75) is 32.2 Å². The van der Waals surface area contributed by atoms with E-state index in [4.69, 9.17) is 11.6 Å². The molecule has 1 aliphatic rings. The topological polar surface area (TPSA) is 55.2 Å². The molecule has 24 heavy (non-hydrogen) atoms. The zero-order valence-electron chi connectivity index (χ0n) is 13.7. The molecule has 5 nitrogen and oxygen atoms in total. The molecule has 2 heterocycles. The lowest BCUT2D eigenvalue weighted by Crippen LogP contribution is -2.38. The zero-order valence-corrected chi connectivity index (χ0v) is 14.4.